The Hall–Kier alpha value is -2.05. The molecule has 0 aliphatic heterocycles. The second-order valence-electron chi connectivity index (χ2n) is 7.39. The van der Waals surface area contributed by atoms with Crippen LogP contribution in [0.1, 0.15) is 62.5 Å². The Morgan fingerprint density at radius 1 is 1.03 bits per heavy atom. The number of nitrogens with zero attached hydrogens (tertiary/aromatic N) is 2. The summed E-state index contributed by atoms with van der Waals surface area (Å²) in [5.74, 6) is 1.64. The lowest BCUT2D eigenvalue weighted by Crippen LogP contribution is -2.20. The maximum absolute atomic E-state index is 5.73. The van der Waals surface area contributed by atoms with Crippen LogP contribution in [0, 0.1) is 0 Å². The summed E-state index contributed by atoms with van der Waals surface area (Å²) >= 11 is 5.52. The van der Waals surface area contributed by atoms with Crippen LogP contribution in [-0.4, -0.2) is 35.1 Å². The molecule has 1 heterocycles. The monoisotopic (exact) mass is 413 g/mol. The number of fused-ring (bicyclic) bond motifs is 1. The summed E-state index contributed by atoms with van der Waals surface area (Å²) in [5, 5.41) is 3.57. The van der Waals surface area contributed by atoms with E-state index in [4.69, 9.17) is 31.7 Å². The highest BCUT2D eigenvalue weighted by atomic mass is 32.1. The van der Waals surface area contributed by atoms with Crippen LogP contribution in [0.5, 0.6) is 5.75 Å². The number of nitrogens with one attached hydrogen (secondary N) is 1. The van der Waals surface area contributed by atoms with Crippen molar-refractivity contribution >= 4 is 22.9 Å². The molecule has 0 atom stereocenters. The normalized spacial score (nSPS) is 13.1. The summed E-state index contributed by atoms with van der Waals surface area (Å²) in [6.45, 7) is 6.87. The van der Waals surface area contributed by atoms with Crippen molar-refractivity contribution in [2.24, 2.45) is 0 Å². The topological polar surface area (TPSA) is 56.3 Å². The van der Waals surface area contributed by atoms with Crippen LogP contribution in [0.2, 0.25) is 0 Å². The van der Waals surface area contributed by atoms with E-state index in [0.29, 0.717) is 12.6 Å². The van der Waals surface area contributed by atoms with E-state index in [9.17, 15) is 0 Å². The van der Waals surface area contributed by atoms with Crippen molar-refractivity contribution in [2.45, 2.75) is 65.5 Å². The summed E-state index contributed by atoms with van der Waals surface area (Å²) in [6, 6.07) is 4.61. The second kappa shape index (κ2) is 9.63. The highest BCUT2D eigenvalue weighted by Gasteiger charge is 2.23. The van der Waals surface area contributed by atoms with E-state index < -0.39 is 0 Å². The lowest BCUT2D eigenvalue weighted by atomic mass is 10.0. The van der Waals surface area contributed by atoms with Gasteiger partial charge in [0, 0.05) is 23.6 Å². The van der Waals surface area contributed by atoms with Crippen molar-refractivity contribution in [3.63, 3.8) is 0 Å². The van der Waals surface area contributed by atoms with Gasteiger partial charge in [0.25, 0.3) is 0 Å². The molecule has 1 aliphatic rings. The van der Waals surface area contributed by atoms with Gasteiger partial charge in [0.15, 0.2) is 0 Å². The molecule has 0 saturated carbocycles. The van der Waals surface area contributed by atoms with Crippen molar-refractivity contribution < 1.29 is 9.47 Å². The summed E-state index contributed by atoms with van der Waals surface area (Å²) in [7, 11) is 3.38. The average Bonchev–Trinajstić information content (AvgIpc) is 3.11. The maximum Gasteiger partial charge on any atom is 0.148 e. The summed E-state index contributed by atoms with van der Waals surface area (Å²) in [6.07, 6.45) is 4.77. The average molecular weight is 414 g/mol. The molecular formula is C23H31N3O2S. The van der Waals surface area contributed by atoms with Crippen molar-refractivity contribution in [2.75, 3.05) is 19.5 Å². The molecule has 1 aliphatic carbocycles. The van der Waals surface area contributed by atoms with E-state index >= 15 is 0 Å². The minimum Gasteiger partial charge on any atom is -0.496 e. The first kappa shape index (κ1) is 21.7. The Balaban J connectivity index is 2.15. The second-order valence-corrected chi connectivity index (χ2v) is 7.88. The Labute approximate surface area is 179 Å². The van der Waals surface area contributed by atoms with Crippen molar-refractivity contribution in [3.05, 3.63) is 34.6 Å². The predicted octanol–water partition coefficient (Wildman–Crippen LogP) is 5.13. The fraction of sp³-hybridized carbons (Fsp3) is 0.522. The van der Waals surface area contributed by atoms with Crippen LogP contribution in [0.15, 0.2) is 12.1 Å². The molecule has 0 radical (unpaired) electrons. The number of thiocarbonyl (C=S) groups is 1. The molecule has 2 aromatic rings. The van der Waals surface area contributed by atoms with E-state index in [1.807, 2.05) is 0 Å². The highest BCUT2D eigenvalue weighted by Crippen LogP contribution is 2.37. The largest absolute Gasteiger partial charge is 0.496 e. The van der Waals surface area contributed by atoms with Gasteiger partial charge in [0.2, 0.25) is 0 Å². The zero-order valence-electron chi connectivity index (χ0n) is 18.1. The zero-order chi connectivity index (χ0) is 21.0. The molecule has 29 heavy (non-hydrogen) atoms. The fourth-order valence-electron chi connectivity index (χ4n) is 3.83. The van der Waals surface area contributed by atoms with Crippen LogP contribution in [0.4, 0.5) is 5.82 Å². The maximum atomic E-state index is 5.73. The Morgan fingerprint density at radius 3 is 2.41 bits per heavy atom. The first-order valence-electron chi connectivity index (χ1n) is 10.5. The van der Waals surface area contributed by atoms with Gasteiger partial charge in [-0.15, -0.1) is 0 Å². The Morgan fingerprint density at radius 2 is 1.79 bits per heavy atom. The molecule has 1 aromatic heterocycles. The number of benzene rings is 1. The predicted molar refractivity (Wildman–Crippen MR) is 122 cm³/mol. The number of hydrogen-bond donors (Lipinski definition) is 1. The van der Waals surface area contributed by atoms with Gasteiger partial charge >= 0.3 is 0 Å². The first-order valence-corrected chi connectivity index (χ1v) is 10.9. The number of hydrogen-bond acceptors (Lipinski definition) is 6. The van der Waals surface area contributed by atoms with Crippen molar-refractivity contribution in [1.82, 2.24) is 9.97 Å². The first-order chi connectivity index (χ1) is 14.1. The van der Waals surface area contributed by atoms with Gasteiger partial charge < -0.3 is 14.8 Å². The van der Waals surface area contributed by atoms with Gasteiger partial charge in [-0.05, 0) is 55.4 Å². The molecule has 1 aromatic carbocycles. The van der Waals surface area contributed by atoms with Crippen LogP contribution < -0.4 is 10.1 Å². The van der Waals surface area contributed by atoms with E-state index in [2.05, 4.69) is 38.2 Å². The molecule has 1 N–H and O–H groups in total. The molecule has 0 spiro atoms. The van der Waals surface area contributed by atoms with Gasteiger partial charge in [-0.2, -0.15) is 0 Å². The van der Waals surface area contributed by atoms with Gasteiger partial charge in [0.05, 0.1) is 30.8 Å². The van der Waals surface area contributed by atoms with Crippen LogP contribution in [0.3, 0.4) is 0 Å². The molecule has 156 valence electrons. The number of anilines is 1. The number of aryl methyl sites for hydroxylation is 2. The van der Waals surface area contributed by atoms with Gasteiger partial charge in [-0.1, -0.05) is 33.0 Å². The minimum absolute atomic E-state index is 0.381. The number of methoxy groups -OCH3 is 2. The number of ether oxygens (including phenoxy) is 2. The fourth-order valence-corrected chi connectivity index (χ4v) is 4.13. The Kier molecular flexibility index (Phi) is 7.19. The molecule has 0 amide bonds. The van der Waals surface area contributed by atoms with Crippen LogP contribution >= 0.6 is 12.2 Å². The highest BCUT2D eigenvalue weighted by molar-refractivity contribution is 7.80. The SMILES string of the molecule is CCc1nc(-c2cc3c(cc2OC)C(=S)CC3)c(COC)nc1NC(CC)CC. The molecule has 0 fully saturated rings. The quantitative estimate of drug-likeness (QED) is 0.576. The van der Waals surface area contributed by atoms with Gasteiger partial charge in [0.1, 0.15) is 11.6 Å². The third kappa shape index (κ3) is 4.43. The van der Waals surface area contributed by atoms with E-state index in [1.54, 1.807) is 14.2 Å². The molecular weight excluding hydrogens is 382 g/mol. The molecule has 0 bridgehead atoms. The molecule has 6 heteroatoms. The van der Waals surface area contributed by atoms with Crippen LogP contribution in [0.25, 0.3) is 11.3 Å². The summed E-state index contributed by atoms with van der Waals surface area (Å²) in [5.41, 5.74) is 5.95. The summed E-state index contributed by atoms with van der Waals surface area (Å²) < 4.78 is 11.2. The lowest BCUT2D eigenvalue weighted by molar-refractivity contribution is 0.181. The smallest absolute Gasteiger partial charge is 0.148 e. The standard InChI is InChI=1S/C23H31N3O2S/c1-6-15(7-2)24-23-18(8-3)25-22(19(26-23)13-27-4)17-11-14-9-10-21(29)16(14)12-20(17)28-5/h11-12,15H,6-10,13H2,1-5H3,(H,24,26). The Bertz CT molecular complexity index is 894. The third-order valence-corrected chi connectivity index (χ3v) is 6.01. The lowest BCUT2D eigenvalue weighted by Gasteiger charge is -2.20. The zero-order valence-corrected chi connectivity index (χ0v) is 18.9. The minimum atomic E-state index is 0.381. The van der Waals surface area contributed by atoms with E-state index in [0.717, 1.165) is 76.7 Å². The molecule has 3 rings (SSSR count). The van der Waals surface area contributed by atoms with Gasteiger partial charge in [-0.25, -0.2) is 9.97 Å². The van der Waals surface area contributed by atoms with Crippen molar-refractivity contribution in [3.8, 4) is 17.0 Å². The number of rotatable bonds is 9. The van der Waals surface area contributed by atoms with Crippen LogP contribution in [-0.2, 0) is 24.2 Å². The molecule has 0 unspecified atom stereocenters. The van der Waals surface area contributed by atoms with Gasteiger partial charge in [-0.3, -0.25) is 0 Å². The summed E-state index contributed by atoms with van der Waals surface area (Å²) in [4.78, 5) is 11.0. The third-order valence-electron chi connectivity index (χ3n) is 5.58. The number of aromatic nitrogens is 2. The van der Waals surface area contributed by atoms with Crippen molar-refractivity contribution in [1.29, 1.82) is 0 Å². The molecule has 5 nitrogen and oxygen atoms in total. The molecule has 0 saturated heterocycles. The van der Waals surface area contributed by atoms with E-state index in [1.165, 1.54) is 5.56 Å². The van der Waals surface area contributed by atoms with E-state index in [-0.39, 0.29) is 0 Å².